The maximum atomic E-state index is 5.64. The summed E-state index contributed by atoms with van der Waals surface area (Å²) in [5.41, 5.74) is 0. The van der Waals surface area contributed by atoms with Gasteiger partial charge in [0.05, 0.1) is 0 Å². The van der Waals surface area contributed by atoms with E-state index in [-0.39, 0.29) is 6.29 Å². The van der Waals surface area contributed by atoms with Crippen LogP contribution in [-0.2, 0) is 9.47 Å². The van der Waals surface area contributed by atoms with Crippen molar-refractivity contribution in [3.63, 3.8) is 0 Å². The number of piperidine rings is 1. The van der Waals surface area contributed by atoms with Crippen LogP contribution in [0.4, 0.5) is 0 Å². The normalized spacial score (nSPS) is 21.5. The molecular weight excluding hydrogens is 240 g/mol. The zero-order valence-electron chi connectivity index (χ0n) is 13.2. The van der Waals surface area contributed by atoms with Crippen LogP contribution in [0.2, 0.25) is 0 Å². The second-order valence-corrected chi connectivity index (χ2v) is 5.67. The zero-order chi connectivity index (χ0) is 14.1. The molecule has 4 nitrogen and oxygen atoms in total. The van der Waals surface area contributed by atoms with Crippen molar-refractivity contribution in [2.24, 2.45) is 5.92 Å². The van der Waals surface area contributed by atoms with Crippen molar-refractivity contribution < 1.29 is 9.47 Å². The Morgan fingerprint density at radius 3 is 2.47 bits per heavy atom. The number of nitrogens with zero attached hydrogens (tertiary/aromatic N) is 1. The largest absolute Gasteiger partial charge is 0.352 e. The molecule has 1 unspecified atom stereocenters. The van der Waals surface area contributed by atoms with Gasteiger partial charge >= 0.3 is 0 Å². The van der Waals surface area contributed by atoms with Crippen molar-refractivity contribution in [2.75, 3.05) is 39.4 Å². The Morgan fingerprint density at radius 1 is 1.21 bits per heavy atom. The Labute approximate surface area is 118 Å². The molecule has 1 aliphatic heterocycles. The minimum absolute atomic E-state index is 0.0631. The fraction of sp³-hybridized carbons (Fsp3) is 1.00. The summed E-state index contributed by atoms with van der Waals surface area (Å²) in [6.45, 7) is 14.3. The van der Waals surface area contributed by atoms with Crippen LogP contribution in [0.25, 0.3) is 0 Å². The molecular formula is C15H32N2O2. The second kappa shape index (κ2) is 9.70. The van der Waals surface area contributed by atoms with Crippen LogP contribution in [0, 0.1) is 5.92 Å². The molecule has 0 amide bonds. The lowest BCUT2D eigenvalue weighted by atomic mass is 9.98. The Kier molecular flexibility index (Phi) is 8.62. The van der Waals surface area contributed by atoms with Gasteiger partial charge in [0.15, 0.2) is 6.29 Å². The van der Waals surface area contributed by atoms with Gasteiger partial charge in [0.25, 0.3) is 0 Å². The van der Waals surface area contributed by atoms with E-state index >= 15 is 0 Å². The van der Waals surface area contributed by atoms with Gasteiger partial charge in [-0.1, -0.05) is 13.8 Å². The van der Waals surface area contributed by atoms with Crippen LogP contribution in [0.15, 0.2) is 0 Å². The van der Waals surface area contributed by atoms with E-state index in [1.54, 1.807) is 0 Å². The molecule has 0 aromatic rings. The quantitative estimate of drug-likeness (QED) is 0.652. The molecule has 4 heteroatoms. The van der Waals surface area contributed by atoms with Crippen LogP contribution in [-0.4, -0.2) is 56.6 Å². The Hall–Kier alpha value is -0.160. The van der Waals surface area contributed by atoms with Crippen molar-refractivity contribution in [3.8, 4) is 0 Å². The Bertz CT molecular complexity index is 218. The van der Waals surface area contributed by atoms with Crippen LogP contribution >= 0.6 is 0 Å². The summed E-state index contributed by atoms with van der Waals surface area (Å²) in [5.74, 6) is 0.764. The molecule has 1 aliphatic rings. The molecule has 1 fully saturated rings. The van der Waals surface area contributed by atoms with Gasteiger partial charge in [-0.3, -0.25) is 4.90 Å². The molecule has 0 aliphatic carbocycles. The maximum absolute atomic E-state index is 5.64. The Balaban J connectivity index is 2.31. The van der Waals surface area contributed by atoms with Gasteiger partial charge in [-0.25, -0.2) is 0 Å². The predicted octanol–water partition coefficient (Wildman–Crippen LogP) is 2.10. The number of rotatable bonds is 9. The highest BCUT2D eigenvalue weighted by Crippen LogP contribution is 2.16. The molecule has 1 rings (SSSR count). The van der Waals surface area contributed by atoms with Crippen molar-refractivity contribution >= 4 is 0 Å². The van der Waals surface area contributed by atoms with E-state index < -0.39 is 0 Å². The summed E-state index contributed by atoms with van der Waals surface area (Å²) in [4.78, 5) is 2.49. The number of likely N-dealkylation sites (tertiary alicyclic amines) is 1. The molecule has 1 saturated heterocycles. The highest BCUT2D eigenvalue weighted by molar-refractivity contribution is 4.76. The number of ether oxygens (including phenoxy) is 2. The standard InChI is InChI=1S/C15H32N2O2/c1-5-18-15(19-6-2)12-17-9-7-8-14(11-17)10-16-13(3)4/h13-16H,5-12H2,1-4H3. The highest BCUT2D eigenvalue weighted by Gasteiger charge is 2.22. The van der Waals surface area contributed by atoms with Crippen molar-refractivity contribution in [2.45, 2.75) is 52.9 Å². The van der Waals surface area contributed by atoms with Gasteiger partial charge in [-0.2, -0.15) is 0 Å². The van der Waals surface area contributed by atoms with Gasteiger partial charge in [0, 0.05) is 32.3 Å². The third kappa shape index (κ3) is 7.25. The van der Waals surface area contributed by atoms with E-state index in [1.165, 1.54) is 19.4 Å². The van der Waals surface area contributed by atoms with E-state index in [9.17, 15) is 0 Å². The molecule has 1 N–H and O–H groups in total. The highest BCUT2D eigenvalue weighted by atomic mass is 16.7. The predicted molar refractivity (Wildman–Crippen MR) is 79.3 cm³/mol. The first-order valence-electron chi connectivity index (χ1n) is 7.84. The molecule has 0 aromatic heterocycles. The summed E-state index contributed by atoms with van der Waals surface area (Å²) < 4.78 is 11.3. The molecule has 0 bridgehead atoms. The zero-order valence-corrected chi connectivity index (χ0v) is 13.2. The van der Waals surface area contributed by atoms with Gasteiger partial charge in [-0.05, 0) is 45.7 Å². The first kappa shape index (κ1) is 16.9. The first-order valence-corrected chi connectivity index (χ1v) is 7.84. The average molecular weight is 272 g/mol. The summed E-state index contributed by atoms with van der Waals surface area (Å²) in [7, 11) is 0. The fourth-order valence-corrected chi connectivity index (χ4v) is 2.62. The van der Waals surface area contributed by atoms with E-state index in [4.69, 9.17) is 9.47 Å². The van der Waals surface area contributed by atoms with E-state index in [0.29, 0.717) is 6.04 Å². The lowest BCUT2D eigenvalue weighted by molar-refractivity contribution is -0.149. The van der Waals surface area contributed by atoms with Crippen LogP contribution < -0.4 is 5.32 Å². The van der Waals surface area contributed by atoms with Crippen molar-refractivity contribution in [3.05, 3.63) is 0 Å². The van der Waals surface area contributed by atoms with E-state index in [0.717, 1.165) is 38.8 Å². The van der Waals surface area contributed by atoms with Crippen molar-refractivity contribution in [1.82, 2.24) is 10.2 Å². The molecule has 19 heavy (non-hydrogen) atoms. The van der Waals surface area contributed by atoms with Crippen molar-refractivity contribution in [1.29, 1.82) is 0 Å². The topological polar surface area (TPSA) is 33.7 Å². The second-order valence-electron chi connectivity index (χ2n) is 5.67. The average Bonchev–Trinajstić information content (AvgIpc) is 2.37. The minimum Gasteiger partial charge on any atom is -0.352 e. The smallest absolute Gasteiger partial charge is 0.170 e. The molecule has 0 aromatic carbocycles. The number of nitrogens with one attached hydrogen (secondary N) is 1. The lowest BCUT2D eigenvalue weighted by Gasteiger charge is -2.35. The van der Waals surface area contributed by atoms with Crippen LogP contribution in [0.3, 0.4) is 0 Å². The maximum Gasteiger partial charge on any atom is 0.170 e. The van der Waals surface area contributed by atoms with Gasteiger partial charge in [-0.15, -0.1) is 0 Å². The molecule has 0 radical (unpaired) electrons. The lowest BCUT2D eigenvalue weighted by Crippen LogP contribution is -2.44. The van der Waals surface area contributed by atoms with E-state index in [1.807, 2.05) is 13.8 Å². The summed E-state index contributed by atoms with van der Waals surface area (Å²) in [5, 5.41) is 3.55. The molecule has 114 valence electrons. The summed E-state index contributed by atoms with van der Waals surface area (Å²) >= 11 is 0. The molecule has 1 atom stereocenters. The third-order valence-electron chi connectivity index (χ3n) is 3.53. The Morgan fingerprint density at radius 2 is 1.89 bits per heavy atom. The van der Waals surface area contributed by atoms with Crippen LogP contribution in [0.1, 0.15) is 40.5 Å². The number of hydrogen-bond acceptors (Lipinski definition) is 4. The van der Waals surface area contributed by atoms with Crippen LogP contribution in [0.5, 0.6) is 0 Å². The third-order valence-corrected chi connectivity index (χ3v) is 3.53. The van der Waals surface area contributed by atoms with Gasteiger partial charge in [0.1, 0.15) is 0 Å². The SMILES string of the molecule is CCOC(CN1CCCC(CNC(C)C)C1)OCC. The minimum atomic E-state index is -0.0631. The summed E-state index contributed by atoms with van der Waals surface area (Å²) in [6, 6.07) is 0.579. The summed E-state index contributed by atoms with van der Waals surface area (Å²) in [6.07, 6.45) is 2.56. The first-order chi connectivity index (χ1) is 9.15. The van der Waals surface area contributed by atoms with Gasteiger partial charge in [0.2, 0.25) is 0 Å². The van der Waals surface area contributed by atoms with Gasteiger partial charge < -0.3 is 14.8 Å². The molecule has 0 spiro atoms. The monoisotopic (exact) mass is 272 g/mol. The molecule has 0 saturated carbocycles. The number of hydrogen-bond donors (Lipinski definition) is 1. The fourth-order valence-electron chi connectivity index (χ4n) is 2.62. The van der Waals surface area contributed by atoms with E-state index in [2.05, 4.69) is 24.1 Å². The molecule has 1 heterocycles.